The standard InChI is InChI=1S/C22H30N6O2S/c1-15-9-17(10-24-19(15)23)18-11-28(20(25-18)16-3-4-16)22-12-21(13-22,14-22)26-5-7-27(8-6-26)31(2,29)30/h9-11,16H,3-8,12-14H2,1-2H3,(H2,23,24). The van der Waals surface area contributed by atoms with Gasteiger partial charge in [-0.1, -0.05) is 0 Å². The van der Waals surface area contributed by atoms with E-state index < -0.39 is 10.0 Å². The molecule has 2 aromatic rings. The lowest BCUT2D eigenvalue weighted by Crippen LogP contribution is -2.80. The number of hydrogen-bond acceptors (Lipinski definition) is 6. The van der Waals surface area contributed by atoms with Crippen molar-refractivity contribution in [3.8, 4) is 11.3 Å². The third kappa shape index (κ3) is 2.97. The van der Waals surface area contributed by atoms with Crippen molar-refractivity contribution in [2.75, 3.05) is 38.2 Å². The first kappa shape index (κ1) is 19.7. The van der Waals surface area contributed by atoms with Gasteiger partial charge in [0.05, 0.1) is 17.5 Å². The highest BCUT2D eigenvalue weighted by molar-refractivity contribution is 7.88. The first-order chi connectivity index (χ1) is 14.7. The Labute approximate surface area is 183 Å². The molecular formula is C22H30N6O2S. The van der Waals surface area contributed by atoms with E-state index in [4.69, 9.17) is 10.7 Å². The lowest BCUT2D eigenvalue weighted by atomic mass is 9.43. The number of sulfonamides is 1. The van der Waals surface area contributed by atoms with E-state index in [-0.39, 0.29) is 11.1 Å². The van der Waals surface area contributed by atoms with E-state index >= 15 is 0 Å². The van der Waals surface area contributed by atoms with Gasteiger partial charge in [0.15, 0.2) is 0 Å². The summed E-state index contributed by atoms with van der Waals surface area (Å²) in [6, 6.07) is 2.08. The van der Waals surface area contributed by atoms with Crippen LogP contribution in [0.4, 0.5) is 5.82 Å². The highest BCUT2D eigenvalue weighted by Gasteiger charge is 2.71. The van der Waals surface area contributed by atoms with Crippen LogP contribution in [0.5, 0.6) is 0 Å². The van der Waals surface area contributed by atoms with Crippen LogP contribution >= 0.6 is 0 Å². The molecule has 5 aliphatic rings. The van der Waals surface area contributed by atoms with Crippen molar-refractivity contribution in [1.29, 1.82) is 0 Å². The van der Waals surface area contributed by atoms with E-state index in [1.54, 1.807) is 4.31 Å². The third-order valence-corrected chi connectivity index (χ3v) is 9.26. The predicted molar refractivity (Wildman–Crippen MR) is 119 cm³/mol. The number of hydrogen-bond donors (Lipinski definition) is 1. The van der Waals surface area contributed by atoms with Crippen LogP contribution in [0.25, 0.3) is 11.3 Å². The Hall–Kier alpha value is -1.97. The van der Waals surface area contributed by atoms with E-state index in [1.165, 1.54) is 24.9 Å². The van der Waals surface area contributed by atoms with Gasteiger partial charge in [0.25, 0.3) is 0 Å². The fourth-order valence-electron chi connectivity index (χ4n) is 6.04. The molecule has 0 unspecified atom stereocenters. The summed E-state index contributed by atoms with van der Waals surface area (Å²) in [7, 11) is -3.08. The Morgan fingerprint density at radius 1 is 1.10 bits per heavy atom. The van der Waals surface area contributed by atoms with Gasteiger partial charge in [-0.25, -0.2) is 18.4 Å². The average Bonchev–Trinajstić information content (AvgIpc) is 3.41. The van der Waals surface area contributed by atoms with Crippen LogP contribution in [0, 0.1) is 6.92 Å². The van der Waals surface area contributed by atoms with Crippen LogP contribution in [-0.4, -0.2) is 70.1 Å². The molecule has 8 nitrogen and oxygen atoms in total. The highest BCUT2D eigenvalue weighted by atomic mass is 32.2. The summed E-state index contributed by atoms with van der Waals surface area (Å²) in [4.78, 5) is 11.9. The maximum Gasteiger partial charge on any atom is 0.211 e. The normalized spacial score (nSPS) is 31.3. The quantitative estimate of drug-likeness (QED) is 0.760. The molecule has 31 heavy (non-hydrogen) atoms. The highest BCUT2D eigenvalue weighted by Crippen LogP contribution is 2.69. The monoisotopic (exact) mass is 442 g/mol. The van der Waals surface area contributed by atoms with Crippen LogP contribution in [-0.2, 0) is 15.6 Å². The van der Waals surface area contributed by atoms with Crippen molar-refractivity contribution >= 4 is 15.8 Å². The third-order valence-electron chi connectivity index (χ3n) is 7.95. The molecule has 7 rings (SSSR count). The van der Waals surface area contributed by atoms with Gasteiger partial charge in [0.1, 0.15) is 11.6 Å². The summed E-state index contributed by atoms with van der Waals surface area (Å²) < 4.78 is 27.7. The van der Waals surface area contributed by atoms with Crippen molar-refractivity contribution in [3.05, 3.63) is 29.8 Å². The topological polar surface area (TPSA) is 97.3 Å². The van der Waals surface area contributed by atoms with Crippen molar-refractivity contribution in [2.45, 2.75) is 56.0 Å². The van der Waals surface area contributed by atoms with E-state index in [0.717, 1.165) is 49.2 Å². The Morgan fingerprint density at radius 3 is 2.35 bits per heavy atom. The minimum absolute atomic E-state index is 0.188. The van der Waals surface area contributed by atoms with Crippen LogP contribution in [0.3, 0.4) is 0 Å². The number of imidazole rings is 1. The molecule has 2 bridgehead atoms. The van der Waals surface area contributed by atoms with E-state index in [9.17, 15) is 8.42 Å². The first-order valence-electron chi connectivity index (χ1n) is 11.2. The molecule has 0 aromatic carbocycles. The van der Waals surface area contributed by atoms with Gasteiger partial charge in [-0.15, -0.1) is 0 Å². The maximum absolute atomic E-state index is 11.8. The van der Waals surface area contributed by atoms with E-state index in [2.05, 4.69) is 26.7 Å². The lowest BCUT2D eigenvalue weighted by molar-refractivity contribution is -0.211. The number of aryl methyl sites for hydroxylation is 1. The summed E-state index contributed by atoms with van der Waals surface area (Å²) in [6.45, 7) is 4.88. The summed E-state index contributed by atoms with van der Waals surface area (Å²) in [5.41, 5.74) is 9.37. The minimum Gasteiger partial charge on any atom is -0.383 e. The molecular weight excluding hydrogens is 412 g/mol. The Morgan fingerprint density at radius 2 is 1.77 bits per heavy atom. The number of nitrogen functional groups attached to an aromatic ring is 1. The van der Waals surface area contributed by atoms with Gasteiger partial charge in [-0.3, -0.25) is 4.90 Å². The smallest absolute Gasteiger partial charge is 0.211 e. The molecule has 3 heterocycles. The maximum atomic E-state index is 11.8. The van der Waals surface area contributed by atoms with E-state index in [0.29, 0.717) is 24.8 Å². The predicted octanol–water partition coefficient (Wildman–Crippen LogP) is 1.92. The number of aromatic nitrogens is 3. The molecule has 0 atom stereocenters. The lowest BCUT2D eigenvalue weighted by Gasteiger charge is -2.75. The number of nitrogens with two attached hydrogens (primary N) is 1. The fourth-order valence-corrected chi connectivity index (χ4v) is 6.86. The fraction of sp³-hybridized carbons (Fsp3) is 0.636. The summed E-state index contributed by atoms with van der Waals surface area (Å²) >= 11 is 0. The van der Waals surface area contributed by atoms with Crippen molar-refractivity contribution in [3.63, 3.8) is 0 Å². The van der Waals surface area contributed by atoms with Gasteiger partial charge in [0, 0.05) is 55.6 Å². The second-order valence-corrected chi connectivity index (χ2v) is 12.2. The molecule has 0 spiro atoms. The van der Waals surface area contributed by atoms with Crippen molar-refractivity contribution < 1.29 is 8.42 Å². The van der Waals surface area contributed by atoms with Gasteiger partial charge in [0.2, 0.25) is 10.0 Å². The molecule has 9 heteroatoms. The number of pyridine rings is 1. The SMILES string of the molecule is Cc1cc(-c2cn(C34CC(N5CCN(S(C)(=O)=O)CC5)(C3)C4)c(C3CC3)n2)cnc1N. The van der Waals surface area contributed by atoms with Gasteiger partial charge >= 0.3 is 0 Å². The molecule has 166 valence electrons. The number of anilines is 1. The Bertz CT molecular complexity index is 1140. The second-order valence-electron chi connectivity index (χ2n) is 10.2. The molecule has 0 radical (unpaired) electrons. The molecule has 2 N–H and O–H groups in total. The Kier molecular flexibility index (Phi) is 4.00. The molecule has 2 aromatic heterocycles. The average molecular weight is 443 g/mol. The zero-order valence-electron chi connectivity index (χ0n) is 18.2. The number of piperazine rings is 1. The second kappa shape index (κ2) is 6.30. The summed E-state index contributed by atoms with van der Waals surface area (Å²) in [5, 5.41) is 0. The van der Waals surface area contributed by atoms with Gasteiger partial charge < -0.3 is 10.3 Å². The Balaban J connectivity index is 1.22. The van der Waals surface area contributed by atoms with Gasteiger partial charge in [-0.05, 0) is 50.7 Å². The number of nitrogens with zero attached hydrogens (tertiary/aromatic N) is 5. The van der Waals surface area contributed by atoms with Crippen LogP contribution in [0.1, 0.15) is 49.4 Å². The largest absolute Gasteiger partial charge is 0.383 e. The molecule has 5 fully saturated rings. The van der Waals surface area contributed by atoms with Crippen LogP contribution in [0.15, 0.2) is 18.5 Å². The number of rotatable bonds is 5. The minimum atomic E-state index is -3.08. The van der Waals surface area contributed by atoms with Crippen LogP contribution < -0.4 is 5.73 Å². The zero-order chi connectivity index (χ0) is 21.6. The molecule has 0 amide bonds. The zero-order valence-corrected chi connectivity index (χ0v) is 19.0. The van der Waals surface area contributed by atoms with E-state index in [1.807, 2.05) is 13.1 Å². The van der Waals surface area contributed by atoms with Gasteiger partial charge in [-0.2, -0.15) is 4.31 Å². The summed E-state index contributed by atoms with van der Waals surface area (Å²) in [6.07, 6.45) is 11.3. The van der Waals surface area contributed by atoms with Crippen LogP contribution in [0.2, 0.25) is 0 Å². The molecule has 4 aliphatic carbocycles. The van der Waals surface area contributed by atoms with Crippen molar-refractivity contribution in [2.24, 2.45) is 0 Å². The molecule has 1 aliphatic heterocycles. The molecule has 1 saturated heterocycles. The molecule has 4 saturated carbocycles. The first-order valence-corrected chi connectivity index (χ1v) is 13.1. The van der Waals surface area contributed by atoms with Crippen molar-refractivity contribution in [1.82, 2.24) is 23.7 Å². The summed E-state index contributed by atoms with van der Waals surface area (Å²) in [5.74, 6) is 2.39.